The average Bonchev–Trinajstić information content (AvgIpc) is 2.62. The van der Waals surface area contributed by atoms with Crippen molar-refractivity contribution >= 4 is 17.6 Å². The molecule has 2 aliphatic carbocycles. The molecule has 0 spiro atoms. The Labute approximate surface area is 154 Å². The normalized spacial score (nSPS) is 17.5. The van der Waals surface area contributed by atoms with Crippen LogP contribution in [0, 0.1) is 0 Å². The van der Waals surface area contributed by atoms with Crippen LogP contribution in [0.4, 0.5) is 11.6 Å². The number of rotatable bonds is 4. The van der Waals surface area contributed by atoms with Crippen LogP contribution in [0.2, 0.25) is 0 Å². The molecule has 136 valence electrons. The smallest absolute Gasteiger partial charge is 0.338 e. The van der Waals surface area contributed by atoms with Crippen molar-refractivity contribution in [3.05, 3.63) is 46.8 Å². The molecular weight excluding hydrogens is 326 g/mol. The van der Waals surface area contributed by atoms with Crippen molar-refractivity contribution in [2.45, 2.75) is 57.8 Å². The van der Waals surface area contributed by atoms with E-state index < -0.39 is 5.97 Å². The summed E-state index contributed by atoms with van der Waals surface area (Å²) < 4.78 is 0. The Kier molecular flexibility index (Phi) is 4.17. The van der Waals surface area contributed by atoms with Gasteiger partial charge in [0.1, 0.15) is 0 Å². The van der Waals surface area contributed by atoms with Crippen molar-refractivity contribution in [3.63, 3.8) is 0 Å². The third-order valence-corrected chi connectivity index (χ3v) is 5.99. The van der Waals surface area contributed by atoms with Gasteiger partial charge in [0.15, 0.2) is 0 Å². The van der Waals surface area contributed by atoms with Crippen LogP contribution in [-0.4, -0.2) is 27.6 Å². The molecule has 0 fully saturated rings. The summed E-state index contributed by atoms with van der Waals surface area (Å²) in [4.78, 5) is 21.7. The number of carboxylic acid groups (broad SMARTS) is 1. The second kappa shape index (κ2) is 6.38. The SMILES string of the molecule is CCN(c1cc2c3c(c1)CCCC3(C)CCC2)c1ncc(C(=O)O)cn1. The van der Waals surface area contributed by atoms with Gasteiger partial charge in [-0.05, 0) is 79.7 Å². The lowest BCUT2D eigenvalue weighted by molar-refractivity contribution is 0.0696. The third-order valence-electron chi connectivity index (χ3n) is 5.99. The minimum absolute atomic E-state index is 0.112. The van der Waals surface area contributed by atoms with Gasteiger partial charge >= 0.3 is 5.97 Å². The van der Waals surface area contributed by atoms with Crippen LogP contribution in [-0.2, 0) is 18.3 Å². The van der Waals surface area contributed by atoms with Gasteiger partial charge in [0.2, 0.25) is 5.95 Å². The molecule has 1 heterocycles. The first-order valence-electron chi connectivity index (χ1n) is 9.51. The van der Waals surface area contributed by atoms with Gasteiger partial charge in [-0.2, -0.15) is 0 Å². The van der Waals surface area contributed by atoms with E-state index in [0.717, 1.165) is 25.1 Å². The molecule has 2 aliphatic rings. The van der Waals surface area contributed by atoms with Crippen LogP contribution in [0.15, 0.2) is 24.5 Å². The molecule has 0 bridgehead atoms. The summed E-state index contributed by atoms with van der Waals surface area (Å²) >= 11 is 0. The number of aryl methyl sites for hydroxylation is 2. The maximum absolute atomic E-state index is 11.0. The van der Waals surface area contributed by atoms with Gasteiger partial charge < -0.3 is 10.0 Å². The average molecular weight is 351 g/mol. The topological polar surface area (TPSA) is 66.3 Å². The third kappa shape index (κ3) is 2.75. The van der Waals surface area contributed by atoms with E-state index in [0.29, 0.717) is 11.4 Å². The van der Waals surface area contributed by atoms with Gasteiger partial charge in [0, 0.05) is 24.6 Å². The summed E-state index contributed by atoms with van der Waals surface area (Å²) in [6.07, 6.45) is 10.1. The fourth-order valence-corrected chi connectivity index (χ4v) is 4.80. The van der Waals surface area contributed by atoms with Gasteiger partial charge in [-0.1, -0.05) is 6.92 Å². The number of hydrogen-bond donors (Lipinski definition) is 1. The van der Waals surface area contributed by atoms with Crippen LogP contribution in [0.5, 0.6) is 0 Å². The minimum atomic E-state index is -1.00. The Balaban J connectivity index is 1.76. The minimum Gasteiger partial charge on any atom is -0.478 e. The Morgan fingerprint density at radius 2 is 1.73 bits per heavy atom. The van der Waals surface area contributed by atoms with E-state index in [9.17, 15) is 4.79 Å². The largest absolute Gasteiger partial charge is 0.478 e. The predicted molar refractivity (Wildman–Crippen MR) is 101 cm³/mol. The predicted octanol–water partition coefficient (Wildman–Crippen LogP) is 4.26. The molecule has 26 heavy (non-hydrogen) atoms. The van der Waals surface area contributed by atoms with Crippen molar-refractivity contribution in [1.82, 2.24) is 9.97 Å². The van der Waals surface area contributed by atoms with Crippen molar-refractivity contribution < 1.29 is 9.90 Å². The second-order valence-corrected chi connectivity index (χ2v) is 7.73. The summed E-state index contributed by atoms with van der Waals surface area (Å²) in [6.45, 7) is 5.24. The van der Waals surface area contributed by atoms with Crippen LogP contribution in [0.1, 0.15) is 66.6 Å². The summed E-state index contributed by atoms with van der Waals surface area (Å²) in [5.74, 6) is -0.448. The van der Waals surface area contributed by atoms with Crippen LogP contribution in [0.3, 0.4) is 0 Å². The highest BCUT2D eigenvalue weighted by Crippen LogP contribution is 2.47. The number of anilines is 2. The molecule has 1 N–H and O–H groups in total. The standard InChI is InChI=1S/C21H25N3O2/c1-3-24(20-22-12-16(13-23-20)19(25)26)17-10-14-6-4-8-21(2)9-5-7-15(11-17)18(14)21/h10-13H,3-9H2,1-2H3,(H,25,26). The molecule has 1 aromatic carbocycles. The fourth-order valence-electron chi connectivity index (χ4n) is 4.80. The Bertz CT molecular complexity index is 814. The quantitative estimate of drug-likeness (QED) is 0.891. The molecule has 0 atom stereocenters. The highest BCUT2D eigenvalue weighted by atomic mass is 16.4. The van der Waals surface area contributed by atoms with Gasteiger partial charge in [-0.15, -0.1) is 0 Å². The highest BCUT2D eigenvalue weighted by Gasteiger charge is 2.36. The number of benzene rings is 1. The number of aromatic nitrogens is 2. The Hall–Kier alpha value is -2.43. The van der Waals surface area contributed by atoms with Crippen molar-refractivity contribution in [2.24, 2.45) is 0 Å². The number of nitrogens with zero attached hydrogens (tertiary/aromatic N) is 3. The van der Waals surface area contributed by atoms with E-state index in [1.807, 2.05) is 0 Å². The molecular formula is C21H25N3O2. The number of carbonyl (C=O) groups is 1. The first-order valence-corrected chi connectivity index (χ1v) is 9.51. The van der Waals surface area contributed by atoms with Crippen molar-refractivity contribution in [2.75, 3.05) is 11.4 Å². The first-order chi connectivity index (χ1) is 12.5. The lowest BCUT2D eigenvalue weighted by Crippen LogP contribution is -2.33. The van der Waals surface area contributed by atoms with Crippen LogP contribution < -0.4 is 4.90 Å². The van der Waals surface area contributed by atoms with Crippen LogP contribution >= 0.6 is 0 Å². The van der Waals surface area contributed by atoms with Gasteiger partial charge in [0.25, 0.3) is 0 Å². The number of aromatic carboxylic acids is 1. The van der Waals surface area contributed by atoms with Gasteiger partial charge in [-0.25, -0.2) is 14.8 Å². The van der Waals surface area contributed by atoms with Gasteiger partial charge in [-0.3, -0.25) is 0 Å². The van der Waals surface area contributed by atoms with E-state index >= 15 is 0 Å². The number of carboxylic acids is 1. The van der Waals surface area contributed by atoms with E-state index in [4.69, 9.17) is 5.11 Å². The summed E-state index contributed by atoms with van der Waals surface area (Å²) in [7, 11) is 0. The molecule has 0 amide bonds. The van der Waals surface area contributed by atoms with E-state index in [1.165, 1.54) is 49.2 Å². The fraction of sp³-hybridized carbons (Fsp3) is 0.476. The summed E-state index contributed by atoms with van der Waals surface area (Å²) in [5, 5.41) is 9.05. The zero-order valence-electron chi connectivity index (χ0n) is 15.5. The summed E-state index contributed by atoms with van der Waals surface area (Å²) in [6, 6.07) is 4.61. The molecule has 0 radical (unpaired) electrons. The lowest BCUT2D eigenvalue weighted by atomic mass is 9.63. The molecule has 0 saturated heterocycles. The Morgan fingerprint density at radius 3 is 2.23 bits per heavy atom. The van der Waals surface area contributed by atoms with Crippen molar-refractivity contribution in [1.29, 1.82) is 0 Å². The van der Waals surface area contributed by atoms with Gasteiger partial charge in [0.05, 0.1) is 5.56 Å². The number of hydrogen-bond acceptors (Lipinski definition) is 4. The van der Waals surface area contributed by atoms with E-state index in [1.54, 1.807) is 5.56 Å². The molecule has 1 aromatic heterocycles. The molecule has 0 aliphatic heterocycles. The lowest BCUT2D eigenvalue weighted by Gasteiger charge is -2.42. The van der Waals surface area contributed by atoms with E-state index in [-0.39, 0.29) is 5.56 Å². The molecule has 0 unspecified atom stereocenters. The molecule has 4 rings (SSSR count). The molecule has 5 heteroatoms. The summed E-state index contributed by atoms with van der Waals surface area (Å²) in [5.41, 5.74) is 6.13. The monoisotopic (exact) mass is 351 g/mol. The zero-order valence-corrected chi connectivity index (χ0v) is 15.5. The maximum Gasteiger partial charge on any atom is 0.338 e. The molecule has 2 aromatic rings. The molecule has 0 saturated carbocycles. The highest BCUT2D eigenvalue weighted by molar-refractivity contribution is 5.86. The first kappa shape index (κ1) is 17.0. The van der Waals surface area contributed by atoms with E-state index in [2.05, 4.69) is 40.8 Å². The Morgan fingerprint density at radius 1 is 1.15 bits per heavy atom. The van der Waals surface area contributed by atoms with Crippen molar-refractivity contribution in [3.8, 4) is 0 Å². The maximum atomic E-state index is 11.0. The zero-order chi connectivity index (χ0) is 18.3. The molecule has 5 nitrogen and oxygen atoms in total. The van der Waals surface area contributed by atoms with Crippen LogP contribution in [0.25, 0.3) is 0 Å². The second-order valence-electron chi connectivity index (χ2n) is 7.73.